The van der Waals surface area contributed by atoms with E-state index in [0.29, 0.717) is 0 Å². The van der Waals surface area contributed by atoms with E-state index in [2.05, 4.69) is 17.3 Å². The molecule has 1 aliphatic rings. The van der Waals surface area contributed by atoms with Crippen LogP contribution in [0.1, 0.15) is 22.3 Å². The van der Waals surface area contributed by atoms with Crippen molar-refractivity contribution in [2.45, 2.75) is 19.9 Å². The highest BCUT2D eigenvalue weighted by atomic mass is 32.1. The summed E-state index contributed by atoms with van der Waals surface area (Å²) in [5.41, 5.74) is 1.65. The average molecular weight is 358 g/mol. The summed E-state index contributed by atoms with van der Waals surface area (Å²) in [5, 5.41) is 8.82. The van der Waals surface area contributed by atoms with Crippen LogP contribution in [0.2, 0.25) is 0 Å². The molecule has 0 radical (unpaired) electrons. The number of carbonyl (C=O) groups is 1. The fourth-order valence-electron chi connectivity index (χ4n) is 3.19. The van der Waals surface area contributed by atoms with Gasteiger partial charge in [-0.15, -0.1) is 11.3 Å². The molecular formula is C18H19FN4OS. The van der Waals surface area contributed by atoms with Gasteiger partial charge in [0, 0.05) is 31.1 Å². The molecule has 1 atom stereocenters. The molecule has 25 heavy (non-hydrogen) atoms. The standard InChI is InChI=1S/C18H19FN4OS/c1-11-10-20-7-8-22(11)17(24)16-9-15-12(2)21-23(18(15)25-16)14-5-3-13(19)4-6-14/h3-6,9,11,20H,7-8,10H2,1-2H3/t11-/m1/s1. The van der Waals surface area contributed by atoms with E-state index in [1.807, 2.05) is 17.9 Å². The Morgan fingerprint density at radius 1 is 1.36 bits per heavy atom. The second-order valence-electron chi connectivity index (χ2n) is 6.35. The van der Waals surface area contributed by atoms with Crippen molar-refractivity contribution in [3.05, 3.63) is 46.7 Å². The number of amides is 1. The number of piperazine rings is 1. The number of hydrogen-bond acceptors (Lipinski definition) is 4. The first kappa shape index (κ1) is 16.2. The lowest BCUT2D eigenvalue weighted by atomic mass is 10.2. The summed E-state index contributed by atoms with van der Waals surface area (Å²) in [4.78, 5) is 16.5. The third-order valence-corrected chi connectivity index (χ3v) is 5.69. The van der Waals surface area contributed by atoms with Gasteiger partial charge in [-0.05, 0) is 44.2 Å². The molecule has 1 aromatic carbocycles. The van der Waals surface area contributed by atoms with E-state index >= 15 is 0 Å². The van der Waals surface area contributed by atoms with Crippen molar-refractivity contribution >= 4 is 27.5 Å². The minimum Gasteiger partial charge on any atom is -0.333 e. The number of thiophene rings is 1. The van der Waals surface area contributed by atoms with Crippen LogP contribution in [0.3, 0.4) is 0 Å². The summed E-state index contributed by atoms with van der Waals surface area (Å²) in [5.74, 6) is -0.209. The minimum atomic E-state index is -0.279. The summed E-state index contributed by atoms with van der Waals surface area (Å²) >= 11 is 1.44. The van der Waals surface area contributed by atoms with Gasteiger partial charge in [-0.3, -0.25) is 4.79 Å². The van der Waals surface area contributed by atoms with Gasteiger partial charge < -0.3 is 10.2 Å². The maximum atomic E-state index is 13.2. The lowest BCUT2D eigenvalue weighted by Gasteiger charge is -2.33. The first-order valence-corrected chi connectivity index (χ1v) is 9.13. The number of aryl methyl sites for hydroxylation is 1. The highest BCUT2D eigenvalue weighted by molar-refractivity contribution is 7.20. The van der Waals surface area contributed by atoms with E-state index in [4.69, 9.17) is 0 Å². The second-order valence-corrected chi connectivity index (χ2v) is 7.39. The van der Waals surface area contributed by atoms with Gasteiger partial charge in [-0.2, -0.15) is 5.10 Å². The second kappa shape index (κ2) is 6.24. The van der Waals surface area contributed by atoms with Crippen LogP contribution >= 0.6 is 11.3 Å². The van der Waals surface area contributed by atoms with Gasteiger partial charge in [0.1, 0.15) is 10.6 Å². The van der Waals surface area contributed by atoms with E-state index in [0.717, 1.165) is 46.1 Å². The Kier molecular flexibility index (Phi) is 4.05. The van der Waals surface area contributed by atoms with Gasteiger partial charge in [0.2, 0.25) is 0 Å². The zero-order valence-corrected chi connectivity index (χ0v) is 14.9. The topological polar surface area (TPSA) is 50.2 Å². The predicted molar refractivity (Wildman–Crippen MR) is 97.0 cm³/mol. The number of halogens is 1. The Labute approximate surface area is 149 Å². The monoisotopic (exact) mass is 358 g/mol. The van der Waals surface area contributed by atoms with E-state index in [-0.39, 0.29) is 17.8 Å². The first-order valence-electron chi connectivity index (χ1n) is 8.31. The minimum absolute atomic E-state index is 0.0697. The van der Waals surface area contributed by atoms with Crippen molar-refractivity contribution in [2.75, 3.05) is 19.6 Å². The van der Waals surface area contributed by atoms with Gasteiger partial charge in [0.05, 0.1) is 16.3 Å². The highest BCUT2D eigenvalue weighted by Crippen LogP contribution is 2.31. The van der Waals surface area contributed by atoms with E-state index in [9.17, 15) is 9.18 Å². The SMILES string of the molecule is Cc1nn(-c2ccc(F)cc2)c2sc(C(=O)N3CCNC[C@H]3C)cc12. The molecule has 4 rings (SSSR count). The van der Waals surface area contributed by atoms with Crippen molar-refractivity contribution in [3.63, 3.8) is 0 Å². The number of nitrogens with zero attached hydrogens (tertiary/aromatic N) is 3. The van der Waals surface area contributed by atoms with Gasteiger partial charge in [0.25, 0.3) is 5.91 Å². The molecule has 2 aromatic heterocycles. The smallest absolute Gasteiger partial charge is 0.264 e. The molecule has 1 aliphatic heterocycles. The fraction of sp³-hybridized carbons (Fsp3) is 0.333. The Morgan fingerprint density at radius 2 is 2.12 bits per heavy atom. The number of fused-ring (bicyclic) bond motifs is 1. The number of aromatic nitrogens is 2. The molecule has 7 heteroatoms. The summed E-state index contributed by atoms with van der Waals surface area (Å²) < 4.78 is 15.0. The molecule has 3 heterocycles. The van der Waals surface area contributed by atoms with Crippen LogP contribution < -0.4 is 5.32 Å². The van der Waals surface area contributed by atoms with E-state index in [1.165, 1.54) is 23.5 Å². The summed E-state index contributed by atoms with van der Waals surface area (Å²) in [6.07, 6.45) is 0. The molecule has 0 unspecified atom stereocenters. The molecule has 130 valence electrons. The van der Waals surface area contributed by atoms with Gasteiger partial charge >= 0.3 is 0 Å². The third-order valence-electron chi connectivity index (χ3n) is 4.59. The summed E-state index contributed by atoms with van der Waals surface area (Å²) in [7, 11) is 0. The quantitative estimate of drug-likeness (QED) is 0.766. The Morgan fingerprint density at radius 3 is 2.84 bits per heavy atom. The number of benzene rings is 1. The Balaban J connectivity index is 1.74. The van der Waals surface area contributed by atoms with E-state index < -0.39 is 0 Å². The van der Waals surface area contributed by atoms with Crippen LogP contribution in [-0.4, -0.2) is 46.3 Å². The van der Waals surface area contributed by atoms with Crippen LogP contribution in [0, 0.1) is 12.7 Å². The van der Waals surface area contributed by atoms with Crippen molar-refractivity contribution in [3.8, 4) is 5.69 Å². The average Bonchev–Trinajstić information content (AvgIpc) is 3.17. The maximum absolute atomic E-state index is 13.2. The van der Waals surface area contributed by atoms with Gasteiger partial charge in [-0.1, -0.05) is 0 Å². The molecule has 3 aromatic rings. The number of rotatable bonds is 2. The number of hydrogen-bond donors (Lipinski definition) is 1. The number of carbonyl (C=O) groups excluding carboxylic acids is 1. The van der Waals surface area contributed by atoms with E-state index in [1.54, 1.807) is 16.8 Å². The molecule has 0 spiro atoms. The molecule has 1 saturated heterocycles. The Hall–Kier alpha value is -2.25. The van der Waals surface area contributed by atoms with Crippen LogP contribution in [0.5, 0.6) is 0 Å². The Bertz CT molecular complexity index is 931. The summed E-state index contributed by atoms with van der Waals surface area (Å²) in [6.45, 7) is 6.35. The molecular weight excluding hydrogens is 339 g/mol. The first-order chi connectivity index (χ1) is 12.0. The molecule has 1 N–H and O–H groups in total. The molecule has 0 aliphatic carbocycles. The van der Waals surface area contributed by atoms with Crippen LogP contribution in [0.4, 0.5) is 4.39 Å². The lowest BCUT2D eigenvalue weighted by Crippen LogP contribution is -2.52. The molecule has 5 nitrogen and oxygen atoms in total. The molecule has 0 bridgehead atoms. The zero-order valence-electron chi connectivity index (χ0n) is 14.1. The molecule has 1 amide bonds. The third kappa shape index (κ3) is 2.83. The van der Waals surface area contributed by atoms with Crippen LogP contribution in [-0.2, 0) is 0 Å². The van der Waals surface area contributed by atoms with Gasteiger partial charge in [0.15, 0.2) is 0 Å². The fourth-order valence-corrected chi connectivity index (χ4v) is 4.33. The van der Waals surface area contributed by atoms with Crippen molar-refractivity contribution in [2.24, 2.45) is 0 Å². The highest BCUT2D eigenvalue weighted by Gasteiger charge is 2.26. The molecule has 0 saturated carbocycles. The normalized spacial score (nSPS) is 18.0. The van der Waals surface area contributed by atoms with Crippen LogP contribution in [0.15, 0.2) is 30.3 Å². The zero-order chi connectivity index (χ0) is 17.6. The van der Waals surface area contributed by atoms with Crippen molar-refractivity contribution < 1.29 is 9.18 Å². The largest absolute Gasteiger partial charge is 0.333 e. The number of nitrogens with one attached hydrogen (secondary N) is 1. The van der Waals surface area contributed by atoms with Crippen molar-refractivity contribution in [1.29, 1.82) is 0 Å². The lowest BCUT2D eigenvalue weighted by molar-refractivity contribution is 0.0661. The predicted octanol–water partition coefficient (Wildman–Crippen LogP) is 2.97. The maximum Gasteiger partial charge on any atom is 0.264 e. The summed E-state index contributed by atoms with van der Waals surface area (Å²) in [6, 6.07) is 8.34. The van der Waals surface area contributed by atoms with Crippen LogP contribution in [0.25, 0.3) is 15.9 Å². The molecule has 1 fully saturated rings. The van der Waals surface area contributed by atoms with Gasteiger partial charge in [-0.25, -0.2) is 9.07 Å². The van der Waals surface area contributed by atoms with Crippen molar-refractivity contribution in [1.82, 2.24) is 20.0 Å².